The zero-order chi connectivity index (χ0) is 22.2. The van der Waals surface area contributed by atoms with Crippen LogP contribution in [0.5, 0.6) is 0 Å². The van der Waals surface area contributed by atoms with Crippen molar-refractivity contribution in [1.29, 1.82) is 0 Å². The predicted molar refractivity (Wildman–Crippen MR) is 128 cm³/mol. The normalized spacial score (nSPS) is 52.5. The van der Waals surface area contributed by atoms with Crippen LogP contribution in [0.2, 0.25) is 0 Å². The van der Waals surface area contributed by atoms with E-state index < -0.39 is 11.2 Å². The molecule has 31 heavy (non-hydrogen) atoms. The third kappa shape index (κ3) is 3.74. The van der Waals surface area contributed by atoms with E-state index in [0.717, 1.165) is 54.8 Å². The lowest BCUT2D eigenvalue weighted by molar-refractivity contribution is -0.148. The number of aliphatic hydroxyl groups is 2. The molecule has 0 spiro atoms. The molecule has 0 heterocycles. The Labute approximate surface area is 192 Å². The van der Waals surface area contributed by atoms with Crippen molar-refractivity contribution in [1.82, 2.24) is 0 Å². The maximum absolute atomic E-state index is 10.9. The molecule has 0 bridgehead atoms. The molecule has 2 N–H and O–H groups in total. The van der Waals surface area contributed by atoms with Gasteiger partial charge in [-0.25, -0.2) is 0 Å². The Balaban J connectivity index is 1.28. The summed E-state index contributed by atoms with van der Waals surface area (Å²) in [6.07, 6.45) is 16.5. The lowest BCUT2D eigenvalue weighted by Crippen LogP contribution is -2.55. The van der Waals surface area contributed by atoms with Gasteiger partial charge in [-0.3, -0.25) is 0 Å². The second kappa shape index (κ2) is 7.46. The molecular formula is C29H50O2. The topological polar surface area (TPSA) is 40.5 Å². The molecule has 0 aliphatic heterocycles. The highest BCUT2D eigenvalue weighted by Crippen LogP contribution is 2.69. The Hall–Kier alpha value is -0.0800. The van der Waals surface area contributed by atoms with Crippen molar-refractivity contribution in [2.24, 2.45) is 52.3 Å². The molecule has 5 aliphatic rings. The third-order valence-electron chi connectivity index (χ3n) is 12.3. The third-order valence-corrected chi connectivity index (χ3v) is 12.3. The summed E-state index contributed by atoms with van der Waals surface area (Å²) in [5.74, 6) is 5.65. The highest BCUT2D eigenvalue weighted by Gasteiger charge is 2.61. The highest BCUT2D eigenvalue weighted by atomic mass is 16.3. The van der Waals surface area contributed by atoms with Crippen LogP contribution in [0.25, 0.3) is 0 Å². The first kappa shape index (κ1) is 22.7. The first-order valence-electron chi connectivity index (χ1n) is 13.9. The Morgan fingerprint density at radius 1 is 0.871 bits per heavy atom. The van der Waals surface area contributed by atoms with Crippen LogP contribution in [0.4, 0.5) is 0 Å². The molecule has 0 aromatic heterocycles. The number of hydrogen-bond donors (Lipinski definition) is 2. The van der Waals surface area contributed by atoms with E-state index in [9.17, 15) is 10.2 Å². The van der Waals surface area contributed by atoms with Gasteiger partial charge in [0.25, 0.3) is 0 Å². The van der Waals surface area contributed by atoms with Gasteiger partial charge < -0.3 is 10.2 Å². The average Bonchev–Trinajstić information content (AvgIpc) is 3.49. The van der Waals surface area contributed by atoms with Crippen LogP contribution in [0.1, 0.15) is 118 Å². The number of rotatable bonds is 5. The SMILES string of the molecule is C[C@H](CCC(C)(O)C1CC1)[C@H]1CC[C@H]2[C@@H]3CC[C@@H]4C[C@@](C)(O)CC[C@]4(C)[C@H]3CC[C@]12C. The van der Waals surface area contributed by atoms with Crippen molar-refractivity contribution in [3.8, 4) is 0 Å². The molecule has 0 radical (unpaired) electrons. The molecule has 0 saturated heterocycles. The first-order valence-corrected chi connectivity index (χ1v) is 13.9. The zero-order valence-corrected chi connectivity index (χ0v) is 21.1. The van der Waals surface area contributed by atoms with Gasteiger partial charge in [0.15, 0.2) is 0 Å². The van der Waals surface area contributed by atoms with E-state index in [0.29, 0.717) is 16.7 Å². The van der Waals surface area contributed by atoms with Gasteiger partial charge in [0, 0.05) is 0 Å². The first-order chi connectivity index (χ1) is 14.5. The standard InChI is InChI=1S/C29H50O2/c1-19(12-15-29(5,31)20-6-7-20)23-10-11-24-22-9-8-21-18-26(2,30)16-17-27(21,3)25(22)13-14-28(23,24)4/h19-25,30-31H,6-18H2,1-5H3/t19-,21-,22+,23-,24+,25+,26+,27+,28-,29?/m1/s1. The quantitative estimate of drug-likeness (QED) is 0.494. The molecular weight excluding hydrogens is 380 g/mol. The van der Waals surface area contributed by atoms with Gasteiger partial charge in [0.1, 0.15) is 0 Å². The van der Waals surface area contributed by atoms with Crippen molar-refractivity contribution in [3.05, 3.63) is 0 Å². The van der Waals surface area contributed by atoms with Gasteiger partial charge in [0.05, 0.1) is 11.2 Å². The summed E-state index contributed by atoms with van der Waals surface area (Å²) in [5, 5.41) is 21.6. The van der Waals surface area contributed by atoms with Crippen molar-refractivity contribution < 1.29 is 10.2 Å². The Kier molecular flexibility index (Phi) is 5.46. The van der Waals surface area contributed by atoms with Crippen LogP contribution in [-0.4, -0.2) is 21.4 Å². The molecule has 0 aromatic carbocycles. The summed E-state index contributed by atoms with van der Waals surface area (Å²) in [6.45, 7) is 12.0. The molecule has 0 aromatic rings. The highest BCUT2D eigenvalue weighted by molar-refractivity contribution is 5.10. The van der Waals surface area contributed by atoms with E-state index in [-0.39, 0.29) is 0 Å². The lowest BCUT2D eigenvalue weighted by atomic mass is 9.43. The monoisotopic (exact) mass is 430 g/mol. The maximum Gasteiger partial charge on any atom is 0.0647 e. The molecule has 0 amide bonds. The summed E-state index contributed by atoms with van der Waals surface area (Å²) < 4.78 is 0. The second-order valence-electron chi connectivity index (χ2n) is 14.2. The fourth-order valence-corrected chi connectivity index (χ4v) is 10.0. The predicted octanol–water partition coefficient (Wildman–Crippen LogP) is 6.97. The summed E-state index contributed by atoms with van der Waals surface area (Å²) in [5.41, 5.74) is 0.157. The average molecular weight is 431 g/mol. The van der Waals surface area contributed by atoms with E-state index in [4.69, 9.17) is 0 Å². The van der Waals surface area contributed by atoms with Crippen LogP contribution in [0, 0.1) is 52.3 Å². The fraction of sp³-hybridized carbons (Fsp3) is 1.00. The van der Waals surface area contributed by atoms with Crippen molar-refractivity contribution in [3.63, 3.8) is 0 Å². The van der Waals surface area contributed by atoms with Crippen LogP contribution in [-0.2, 0) is 0 Å². The largest absolute Gasteiger partial charge is 0.390 e. The minimum absolute atomic E-state index is 0.417. The Morgan fingerprint density at radius 3 is 2.29 bits per heavy atom. The van der Waals surface area contributed by atoms with Crippen molar-refractivity contribution >= 4 is 0 Å². The maximum atomic E-state index is 10.9. The van der Waals surface area contributed by atoms with Crippen molar-refractivity contribution in [2.45, 2.75) is 129 Å². The number of fused-ring (bicyclic) bond motifs is 5. The van der Waals surface area contributed by atoms with E-state index in [2.05, 4.69) is 34.6 Å². The molecule has 10 atom stereocenters. The van der Waals surface area contributed by atoms with Crippen LogP contribution in [0.15, 0.2) is 0 Å². The van der Waals surface area contributed by atoms with Gasteiger partial charge in [-0.05, 0) is 150 Å². The van der Waals surface area contributed by atoms with Gasteiger partial charge in [-0.1, -0.05) is 20.8 Å². The van der Waals surface area contributed by atoms with Crippen molar-refractivity contribution in [2.75, 3.05) is 0 Å². The van der Waals surface area contributed by atoms with E-state index in [1.54, 1.807) is 0 Å². The Bertz CT molecular complexity index is 678. The number of hydrogen-bond acceptors (Lipinski definition) is 2. The molecule has 5 saturated carbocycles. The van der Waals surface area contributed by atoms with E-state index in [1.807, 2.05) is 0 Å². The van der Waals surface area contributed by atoms with Crippen LogP contribution >= 0.6 is 0 Å². The summed E-state index contributed by atoms with van der Waals surface area (Å²) in [4.78, 5) is 0. The lowest BCUT2D eigenvalue weighted by Gasteiger charge is -2.62. The van der Waals surface area contributed by atoms with Crippen LogP contribution in [0.3, 0.4) is 0 Å². The smallest absolute Gasteiger partial charge is 0.0647 e. The van der Waals surface area contributed by atoms with Gasteiger partial charge in [0.2, 0.25) is 0 Å². The molecule has 178 valence electrons. The molecule has 2 nitrogen and oxygen atoms in total. The minimum atomic E-state index is -0.421. The van der Waals surface area contributed by atoms with E-state index in [1.165, 1.54) is 64.2 Å². The van der Waals surface area contributed by atoms with Gasteiger partial charge >= 0.3 is 0 Å². The Morgan fingerprint density at radius 2 is 1.58 bits per heavy atom. The molecule has 2 heteroatoms. The summed E-state index contributed by atoms with van der Waals surface area (Å²) in [7, 11) is 0. The van der Waals surface area contributed by atoms with Crippen LogP contribution < -0.4 is 0 Å². The molecule has 5 rings (SSSR count). The second-order valence-corrected chi connectivity index (χ2v) is 14.2. The van der Waals surface area contributed by atoms with Gasteiger partial charge in [-0.2, -0.15) is 0 Å². The molecule has 5 aliphatic carbocycles. The fourth-order valence-electron chi connectivity index (χ4n) is 10.0. The summed E-state index contributed by atoms with van der Waals surface area (Å²) >= 11 is 0. The zero-order valence-electron chi connectivity index (χ0n) is 21.1. The molecule has 1 unspecified atom stereocenters. The summed E-state index contributed by atoms with van der Waals surface area (Å²) in [6, 6.07) is 0. The molecule has 5 fully saturated rings. The minimum Gasteiger partial charge on any atom is -0.390 e. The van der Waals surface area contributed by atoms with Gasteiger partial charge in [-0.15, -0.1) is 0 Å². The van der Waals surface area contributed by atoms with E-state index >= 15 is 0 Å².